The summed E-state index contributed by atoms with van der Waals surface area (Å²) in [6.07, 6.45) is 3.29. The Morgan fingerprint density at radius 3 is 2.59 bits per heavy atom. The first-order chi connectivity index (χ1) is 10.7. The number of aryl methyl sites for hydroxylation is 1. The number of carbonyl (C=O) groups excluding carboxylic acids is 1. The van der Waals surface area contributed by atoms with E-state index in [0.29, 0.717) is 5.56 Å². The van der Waals surface area contributed by atoms with Crippen LogP contribution in [0.2, 0.25) is 0 Å². The number of carbonyl (C=O) groups is 1. The van der Waals surface area contributed by atoms with Crippen LogP contribution in [0.25, 0.3) is 17.0 Å². The summed E-state index contributed by atoms with van der Waals surface area (Å²) in [6, 6.07) is 17.3. The number of H-pyrrole nitrogens is 1. The van der Waals surface area contributed by atoms with Gasteiger partial charge in [-0.3, -0.25) is 4.79 Å². The number of allylic oxidation sites excluding steroid dienone is 1. The molecule has 0 saturated heterocycles. The largest absolute Gasteiger partial charge is 0.360 e. The predicted molar refractivity (Wildman–Crippen MR) is 87.4 cm³/mol. The van der Waals surface area contributed by atoms with E-state index < -0.39 is 0 Å². The maximum Gasteiger partial charge on any atom is 0.205 e. The van der Waals surface area contributed by atoms with E-state index in [4.69, 9.17) is 0 Å². The van der Waals surface area contributed by atoms with Crippen molar-refractivity contribution in [3.63, 3.8) is 0 Å². The Kier molecular flexibility index (Phi) is 3.59. The van der Waals surface area contributed by atoms with Crippen LogP contribution in [0.3, 0.4) is 0 Å². The second kappa shape index (κ2) is 5.71. The zero-order valence-corrected chi connectivity index (χ0v) is 12.1. The van der Waals surface area contributed by atoms with Gasteiger partial charge in [0.25, 0.3) is 0 Å². The standard InChI is InChI=1S/C19H14N2O/c1-13-6-8-14(9-7-13)10-15(11-20)19(22)17-12-21-18-5-3-2-4-16(17)18/h2-10,12,21H,1H3/b15-10+. The lowest BCUT2D eigenvalue weighted by molar-refractivity contribution is 0.104. The van der Waals surface area contributed by atoms with E-state index >= 15 is 0 Å². The van der Waals surface area contributed by atoms with E-state index in [1.54, 1.807) is 12.3 Å². The highest BCUT2D eigenvalue weighted by atomic mass is 16.1. The summed E-state index contributed by atoms with van der Waals surface area (Å²) in [5.74, 6) is -0.263. The normalized spacial score (nSPS) is 11.4. The first kappa shape index (κ1) is 13.8. The lowest BCUT2D eigenvalue weighted by atomic mass is 10.0. The summed E-state index contributed by atoms with van der Waals surface area (Å²) >= 11 is 0. The van der Waals surface area contributed by atoms with E-state index in [2.05, 4.69) is 4.98 Å². The molecule has 0 fully saturated rings. The molecule has 3 heteroatoms. The molecule has 0 aliphatic heterocycles. The highest BCUT2D eigenvalue weighted by molar-refractivity contribution is 6.19. The number of nitrogens with zero attached hydrogens (tertiary/aromatic N) is 1. The summed E-state index contributed by atoms with van der Waals surface area (Å²) in [6.45, 7) is 2.00. The fraction of sp³-hybridized carbons (Fsp3) is 0.0526. The van der Waals surface area contributed by atoms with Crippen LogP contribution in [-0.2, 0) is 0 Å². The van der Waals surface area contributed by atoms with Gasteiger partial charge in [0.05, 0.1) is 0 Å². The van der Waals surface area contributed by atoms with Crippen LogP contribution in [0.15, 0.2) is 60.3 Å². The number of nitrogens with one attached hydrogen (secondary N) is 1. The molecule has 3 aromatic rings. The Hall–Kier alpha value is -3.12. The summed E-state index contributed by atoms with van der Waals surface area (Å²) in [5.41, 5.74) is 3.52. The molecule has 0 aliphatic carbocycles. The van der Waals surface area contributed by atoms with Crippen LogP contribution in [0.1, 0.15) is 21.5 Å². The van der Waals surface area contributed by atoms with Crippen molar-refractivity contribution in [1.82, 2.24) is 4.98 Å². The molecule has 1 aromatic heterocycles. The Balaban J connectivity index is 2.02. The van der Waals surface area contributed by atoms with E-state index in [0.717, 1.165) is 22.0 Å². The highest BCUT2D eigenvalue weighted by Gasteiger charge is 2.16. The summed E-state index contributed by atoms with van der Waals surface area (Å²) in [4.78, 5) is 15.7. The van der Waals surface area contributed by atoms with E-state index in [1.807, 2.05) is 61.5 Å². The zero-order valence-electron chi connectivity index (χ0n) is 12.1. The number of benzene rings is 2. The number of hydrogen-bond acceptors (Lipinski definition) is 2. The molecular formula is C19H14N2O. The lowest BCUT2D eigenvalue weighted by Crippen LogP contribution is -2.01. The molecule has 1 heterocycles. The molecule has 22 heavy (non-hydrogen) atoms. The summed E-state index contributed by atoms with van der Waals surface area (Å²) in [7, 11) is 0. The van der Waals surface area contributed by atoms with Crippen molar-refractivity contribution in [3.8, 4) is 6.07 Å². The van der Waals surface area contributed by atoms with Crippen molar-refractivity contribution in [1.29, 1.82) is 5.26 Å². The van der Waals surface area contributed by atoms with Gasteiger partial charge in [0.15, 0.2) is 0 Å². The molecular weight excluding hydrogens is 272 g/mol. The minimum Gasteiger partial charge on any atom is -0.360 e. The minimum absolute atomic E-state index is 0.133. The molecule has 0 aliphatic rings. The maximum absolute atomic E-state index is 12.6. The number of aromatic nitrogens is 1. The number of rotatable bonds is 3. The van der Waals surface area contributed by atoms with Crippen LogP contribution in [0, 0.1) is 18.3 Å². The van der Waals surface area contributed by atoms with Crippen LogP contribution in [0.4, 0.5) is 0 Å². The average molecular weight is 286 g/mol. The third kappa shape index (κ3) is 2.55. The van der Waals surface area contributed by atoms with Gasteiger partial charge in [-0.05, 0) is 24.6 Å². The van der Waals surface area contributed by atoms with Crippen molar-refractivity contribution >= 4 is 22.8 Å². The Bertz CT molecular complexity index is 909. The number of nitriles is 1. The average Bonchev–Trinajstić information content (AvgIpc) is 2.98. The van der Waals surface area contributed by atoms with Gasteiger partial charge in [-0.1, -0.05) is 48.0 Å². The Morgan fingerprint density at radius 1 is 1.14 bits per heavy atom. The molecule has 0 bridgehead atoms. The summed E-state index contributed by atoms with van der Waals surface area (Å²) in [5, 5.41) is 10.2. The molecule has 0 unspecified atom stereocenters. The highest BCUT2D eigenvalue weighted by Crippen LogP contribution is 2.21. The second-order valence-electron chi connectivity index (χ2n) is 5.16. The minimum atomic E-state index is -0.263. The molecule has 0 atom stereocenters. The quantitative estimate of drug-likeness (QED) is 0.444. The van der Waals surface area contributed by atoms with Crippen LogP contribution >= 0.6 is 0 Å². The molecule has 3 nitrogen and oxygen atoms in total. The first-order valence-corrected chi connectivity index (χ1v) is 6.98. The smallest absolute Gasteiger partial charge is 0.205 e. The SMILES string of the molecule is Cc1ccc(/C=C(\C#N)C(=O)c2c[nH]c3ccccc23)cc1. The van der Waals surface area contributed by atoms with Crippen LogP contribution in [-0.4, -0.2) is 10.8 Å². The lowest BCUT2D eigenvalue weighted by Gasteiger charge is -1.99. The van der Waals surface area contributed by atoms with E-state index in [9.17, 15) is 10.1 Å². The maximum atomic E-state index is 12.6. The van der Waals surface area contributed by atoms with Gasteiger partial charge in [0.1, 0.15) is 11.6 Å². The number of hydrogen-bond donors (Lipinski definition) is 1. The first-order valence-electron chi connectivity index (χ1n) is 6.98. The Morgan fingerprint density at radius 2 is 1.86 bits per heavy atom. The van der Waals surface area contributed by atoms with Crippen LogP contribution < -0.4 is 0 Å². The third-order valence-electron chi connectivity index (χ3n) is 3.59. The van der Waals surface area contributed by atoms with Gasteiger partial charge in [-0.15, -0.1) is 0 Å². The zero-order chi connectivity index (χ0) is 15.5. The van der Waals surface area contributed by atoms with Crippen molar-refractivity contribution in [3.05, 3.63) is 77.0 Å². The Labute approximate surface area is 128 Å². The fourth-order valence-electron chi connectivity index (χ4n) is 2.38. The topological polar surface area (TPSA) is 56.6 Å². The third-order valence-corrected chi connectivity index (χ3v) is 3.59. The molecule has 0 amide bonds. The van der Waals surface area contributed by atoms with Crippen molar-refractivity contribution in [2.24, 2.45) is 0 Å². The van der Waals surface area contributed by atoms with E-state index in [1.165, 1.54) is 0 Å². The molecule has 0 radical (unpaired) electrons. The van der Waals surface area contributed by atoms with Gasteiger partial charge >= 0.3 is 0 Å². The molecule has 1 N–H and O–H groups in total. The summed E-state index contributed by atoms with van der Waals surface area (Å²) < 4.78 is 0. The van der Waals surface area contributed by atoms with Gasteiger partial charge in [0.2, 0.25) is 5.78 Å². The number of fused-ring (bicyclic) bond motifs is 1. The number of Topliss-reactive ketones (excluding diaryl/α,β-unsaturated/α-hetero) is 1. The van der Waals surface area contributed by atoms with Gasteiger partial charge in [0, 0.05) is 22.7 Å². The number of para-hydroxylation sites is 1. The molecule has 106 valence electrons. The fourth-order valence-corrected chi connectivity index (χ4v) is 2.38. The van der Waals surface area contributed by atoms with Gasteiger partial charge < -0.3 is 4.98 Å². The monoisotopic (exact) mass is 286 g/mol. The predicted octanol–water partition coefficient (Wildman–Crippen LogP) is 4.27. The number of ketones is 1. The molecule has 3 rings (SSSR count). The number of aromatic amines is 1. The van der Waals surface area contributed by atoms with Gasteiger partial charge in [-0.2, -0.15) is 5.26 Å². The van der Waals surface area contributed by atoms with E-state index in [-0.39, 0.29) is 11.4 Å². The van der Waals surface area contributed by atoms with Crippen molar-refractivity contribution < 1.29 is 4.79 Å². The van der Waals surface area contributed by atoms with Crippen LogP contribution in [0.5, 0.6) is 0 Å². The van der Waals surface area contributed by atoms with Crippen molar-refractivity contribution in [2.75, 3.05) is 0 Å². The molecule has 0 spiro atoms. The second-order valence-corrected chi connectivity index (χ2v) is 5.16. The van der Waals surface area contributed by atoms with Crippen molar-refractivity contribution in [2.45, 2.75) is 6.92 Å². The van der Waals surface area contributed by atoms with Gasteiger partial charge in [-0.25, -0.2) is 0 Å². The molecule has 2 aromatic carbocycles. The molecule has 0 saturated carbocycles.